The van der Waals surface area contributed by atoms with Gasteiger partial charge in [0.2, 0.25) is 0 Å². The number of aromatic carboxylic acids is 1. The van der Waals surface area contributed by atoms with E-state index in [4.69, 9.17) is 0 Å². The van der Waals surface area contributed by atoms with E-state index in [1.54, 1.807) is 12.1 Å². The van der Waals surface area contributed by atoms with E-state index in [0.29, 0.717) is 0 Å². The molecule has 0 fully saturated rings. The number of carbonyl (C=O) groups excluding carboxylic acids is 1. The van der Waals surface area contributed by atoms with Crippen LogP contribution in [0.4, 0.5) is 0 Å². The van der Waals surface area contributed by atoms with Gasteiger partial charge in [0, 0.05) is 5.56 Å². The number of rotatable bonds is 5. The summed E-state index contributed by atoms with van der Waals surface area (Å²) in [5, 5.41) is 10.5. The van der Waals surface area contributed by atoms with Crippen molar-refractivity contribution in [3.8, 4) is 0 Å². The summed E-state index contributed by atoms with van der Waals surface area (Å²) in [6.45, 7) is 4.21. The molecule has 3 nitrogen and oxygen atoms in total. The predicted octanol–water partition coefficient (Wildman–Crippen LogP) is -0.525. The van der Waals surface area contributed by atoms with Crippen molar-refractivity contribution in [1.82, 2.24) is 0 Å². The highest BCUT2D eigenvalue weighted by molar-refractivity contribution is 5.85. The van der Waals surface area contributed by atoms with Crippen molar-refractivity contribution in [3.63, 3.8) is 0 Å². The van der Waals surface area contributed by atoms with Gasteiger partial charge in [-0.25, -0.2) is 0 Å². The maximum Gasteiger partial charge on any atom is 0.103 e. The van der Waals surface area contributed by atoms with Crippen LogP contribution in [0.15, 0.2) is 24.3 Å². The van der Waals surface area contributed by atoms with Crippen LogP contribution < -0.4 is 10.0 Å². The van der Waals surface area contributed by atoms with Crippen molar-refractivity contribution in [1.29, 1.82) is 0 Å². The predicted molar refractivity (Wildman–Crippen MR) is 56.5 cm³/mol. The Bertz CT molecular complexity index is 319. The SMILES string of the molecule is CCC[NH+](C)Cc1ccc(C(=O)[O-])cc1. The highest BCUT2D eigenvalue weighted by atomic mass is 16.4. The minimum atomic E-state index is -1.11. The summed E-state index contributed by atoms with van der Waals surface area (Å²) in [6, 6.07) is 6.91. The molecule has 0 aliphatic rings. The largest absolute Gasteiger partial charge is 0.545 e. The molecule has 0 aromatic heterocycles. The van der Waals surface area contributed by atoms with Crippen molar-refractivity contribution in [2.45, 2.75) is 19.9 Å². The van der Waals surface area contributed by atoms with E-state index < -0.39 is 5.97 Å². The molecule has 0 saturated heterocycles. The molecule has 0 saturated carbocycles. The molecular formula is C12H17NO2. The standard InChI is InChI=1S/C12H17NO2/c1-3-8-13(2)9-10-4-6-11(7-5-10)12(14)15/h4-7H,3,8-9H2,1-2H3,(H,14,15). The van der Waals surface area contributed by atoms with Crippen LogP contribution in [0.5, 0.6) is 0 Å². The Balaban J connectivity index is 2.60. The number of hydrogen-bond donors (Lipinski definition) is 1. The third-order valence-electron chi connectivity index (χ3n) is 2.37. The van der Waals surface area contributed by atoms with Gasteiger partial charge in [0.1, 0.15) is 6.54 Å². The summed E-state index contributed by atoms with van der Waals surface area (Å²) in [7, 11) is 2.14. The molecule has 3 heteroatoms. The first-order chi connectivity index (χ1) is 7.13. The fraction of sp³-hybridized carbons (Fsp3) is 0.417. The fourth-order valence-electron chi connectivity index (χ4n) is 1.62. The van der Waals surface area contributed by atoms with E-state index in [-0.39, 0.29) is 5.56 Å². The van der Waals surface area contributed by atoms with Crippen molar-refractivity contribution >= 4 is 5.97 Å². The summed E-state index contributed by atoms with van der Waals surface area (Å²) < 4.78 is 0. The number of quaternary nitrogens is 1. The minimum absolute atomic E-state index is 0.242. The third-order valence-corrected chi connectivity index (χ3v) is 2.37. The average molecular weight is 207 g/mol. The monoisotopic (exact) mass is 207 g/mol. The van der Waals surface area contributed by atoms with Crippen LogP contribution in [0, 0.1) is 0 Å². The molecule has 0 amide bonds. The number of carbonyl (C=O) groups is 1. The van der Waals surface area contributed by atoms with Gasteiger partial charge in [-0.15, -0.1) is 0 Å². The molecule has 1 rings (SSSR count). The van der Waals surface area contributed by atoms with Crippen LogP contribution in [-0.4, -0.2) is 19.6 Å². The molecule has 0 heterocycles. The molecule has 0 bridgehead atoms. The van der Waals surface area contributed by atoms with Gasteiger partial charge in [0.15, 0.2) is 0 Å². The zero-order valence-electron chi connectivity index (χ0n) is 9.25. The molecule has 1 aromatic rings. The van der Waals surface area contributed by atoms with E-state index in [1.165, 1.54) is 4.90 Å². The number of benzene rings is 1. The van der Waals surface area contributed by atoms with Gasteiger partial charge in [-0.2, -0.15) is 0 Å². The van der Waals surface area contributed by atoms with Crippen LogP contribution >= 0.6 is 0 Å². The summed E-state index contributed by atoms with van der Waals surface area (Å²) in [5.74, 6) is -1.11. The average Bonchev–Trinajstić information content (AvgIpc) is 2.18. The molecule has 1 aromatic carbocycles. The van der Waals surface area contributed by atoms with Crippen molar-refractivity contribution in [2.24, 2.45) is 0 Å². The minimum Gasteiger partial charge on any atom is -0.545 e. The van der Waals surface area contributed by atoms with E-state index in [9.17, 15) is 9.90 Å². The van der Waals surface area contributed by atoms with Gasteiger partial charge in [0.25, 0.3) is 0 Å². The lowest BCUT2D eigenvalue weighted by atomic mass is 10.1. The van der Waals surface area contributed by atoms with Crippen LogP contribution in [0.1, 0.15) is 29.3 Å². The van der Waals surface area contributed by atoms with Gasteiger partial charge in [-0.1, -0.05) is 31.2 Å². The van der Waals surface area contributed by atoms with Gasteiger partial charge < -0.3 is 14.8 Å². The van der Waals surface area contributed by atoms with Crippen LogP contribution in [-0.2, 0) is 6.54 Å². The number of carboxylic acids is 1. The smallest absolute Gasteiger partial charge is 0.103 e. The molecule has 0 spiro atoms. The summed E-state index contributed by atoms with van der Waals surface area (Å²) >= 11 is 0. The maximum atomic E-state index is 10.5. The number of hydrogen-bond acceptors (Lipinski definition) is 2. The molecule has 1 N–H and O–H groups in total. The molecule has 0 radical (unpaired) electrons. The Morgan fingerprint density at radius 2 is 1.93 bits per heavy atom. The Kier molecular flexibility index (Phi) is 4.31. The molecule has 0 aliphatic heterocycles. The van der Waals surface area contributed by atoms with Gasteiger partial charge in [-0.05, 0) is 12.0 Å². The lowest BCUT2D eigenvalue weighted by Gasteiger charge is -2.13. The molecule has 15 heavy (non-hydrogen) atoms. The normalized spacial score (nSPS) is 12.4. The van der Waals surface area contributed by atoms with Crippen LogP contribution in [0.2, 0.25) is 0 Å². The Hall–Kier alpha value is -1.35. The summed E-state index contributed by atoms with van der Waals surface area (Å²) in [6.07, 6.45) is 1.16. The second-order valence-electron chi connectivity index (χ2n) is 3.87. The molecule has 1 atom stereocenters. The first-order valence-corrected chi connectivity index (χ1v) is 5.25. The van der Waals surface area contributed by atoms with Crippen molar-refractivity contribution < 1.29 is 14.8 Å². The Labute approximate surface area is 90.3 Å². The highest BCUT2D eigenvalue weighted by Gasteiger charge is 2.02. The number of carboxylic acid groups (broad SMARTS) is 1. The first kappa shape index (κ1) is 11.7. The maximum absolute atomic E-state index is 10.5. The molecule has 0 aliphatic carbocycles. The van der Waals surface area contributed by atoms with E-state index in [2.05, 4.69) is 14.0 Å². The topological polar surface area (TPSA) is 44.6 Å². The molecular weight excluding hydrogens is 190 g/mol. The van der Waals surface area contributed by atoms with Gasteiger partial charge >= 0.3 is 0 Å². The third kappa shape index (κ3) is 3.72. The van der Waals surface area contributed by atoms with Crippen LogP contribution in [0.25, 0.3) is 0 Å². The zero-order valence-corrected chi connectivity index (χ0v) is 9.25. The van der Waals surface area contributed by atoms with E-state index in [1.807, 2.05) is 12.1 Å². The second-order valence-corrected chi connectivity index (χ2v) is 3.87. The summed E-state index contributed by atoms with van der Waals surface area (Å²) in [4.78, 5) is 11.9. The van der Waals surface area contributed by atoms with Gasteiger partial charge in [0.05, 0.1) is 19.6 Å². The molecule has 82 valence electrons. The zero-order chi connectivity index (χ0) is 11.3. The number of nitrogens with one attached hydrogen (secondary N) is 1. The van der Waals surface area contributed by atoms with Crippen molar-refractivity contribution in [3.05, 3.63) is 35.4 Å². The van der Waals surface area contributed by atoms with Crippen molar-refractivity contribution in [2.75, 3.05) is 13.6 Å². The second kappa shape index (κ2) is 5.51. The lowest BCUT2D eigenvalue weighted by Crippen LogP contribution is -3.07. The summed E-state index contributed by atoms with van der Waals surface area (Å²) in [5.41, 5.74) is 1.40. The first-order valence-electron chi connectivity index (χ1n) is 5.25. The van der Waals surface area contributed by atoms with Crippen LogP contribution in [0.3, 0.4) is 0 Å². The highest BCUT2D eigenvalue weighted by Crippen LogP contribution is 2.02. The quantitative estimate of drug-likeness (QED) is 0.706. The molecule has 1 unspecified atom stereocenters. The van der Waals surface area contributed by atoms with E-state index in [0.717, 1.165) is 25.1 Å². The van der Waals surface area contributed by atoms with Gasteiger partial charge in [-0.3, -0.25) is 0 Å². The Morgan fingerprint density at radius 1 is 1.33 bits per heavy atom. The Morgan fingerprint density at radius 3 is 2.40 bits per heavy atom. The lowest BCUT2D eigenvalue weighted by molar-refractivity contribution is -0.893. The fourth-order valence-corrected chi connectivity index (χ4v) is 1.62. The van der Waals surface area contributed by atoms with E-state index >= 15 is 0 Å².